The zero-order valence-corrected chi connectivity index (χ0v) is 15.2. The number of rotatable bonds is 3. The molecule has 0 aromatic heterocycles. The molecule has 3 rings (SSSR count). The number of hydrogen-bond acceptors (Lipinski definition) is 5. The van der Waals surface area contributed by atoms with Crippen LogP contribution in [0.5, 0.6) is 0 Å². The SMILES string of the molecule is C=C1CCC2[C@@](C)(CC[C@@H](O)[C@@]2(C)CO)C1C/C=C1/C(=O)OCC1O. The molecule has 3 unspecified atom stereocenters. The van der Waals surface area contributed by atoms with Crippen molar-refractivity contribution in [1.29, 1.82) is 0 Å². The van der Waals surface area contributed by atoms with Gasteiger partial charge in [0.1, 0.15) is 12.7 Å². The van der Waals surface area contributed by atoms with Crippen LogP contribution in [-0.4, -0.2) is 46.7 Å². The van der Waals surface area contributed by atoms with E-state index in [9.17, 15) is 20.1 Å². The smallest absolute Gasteiger partial charge is 0.336 e. The molecule has 1 saturated heterocycles. The highest BCUT2D eigenvalue weighted by atomic mass is 16.6. The molecule has 1 aliphatic heterocycles. The van der Waals surface area contributed by atoms with Gasteiger partial charge in [-0.2, -0.15) is 0 Å². The molecule has 5 nitrogen and oxygen atoms in total. The Labute approximate surface area is 149 Å². The first kappa shape index (κ1) is 18.6. The molecule has 0 amide bonds. The van der Waals surface area contributed by atoms with Crippen LogP contribution in [-0.2, 0) is 9.53 Å². The Morgan fingerprint density at radius 3 is 2.64 bits per heavy atom. The number of esters is 1. The molecule has 0 aromatic carbocycles. The molecule has 0 aromatic rings. The Morgan fingerprint density at radius 2 is 2.04 bits per heavy atom. The normalized spacial score (nSPS) is 46.2. The van der Waals surface area contributed by atoms with E-state index in [0.29, 0.717) is 18.4 Å². The summed E-state index contributed by atoms with van der Waals surface area (Å²) in [6, 6.07) is 0. The number of carbonyl (C=O) groups excluding carboxylic acids is 1. The molecule has 3 aliphatic rings. The van der Waals surface area contributed by atoms with Crippen molar-refractivity contribution in [3.05, 3.63) is 23.8 Å². The molecular weight excluding hydrogens is 320 g/mol. The molecule has 25 heavy (non-hydrogen) atoms. The van der Waals surface area contributed by atoms with Gasteiger partial charge < -0.3 is 20.1 Å². The maximum Gasteiger partial charge on any atom is 0.336 e. The molecule has 0 spiro atoms. The molecule has 6 atom stereocenters. The summed E-state index contributed by atoms with van der Waals surface area (Å²) < 4.78 is 4.90. The highest BCUT2D eigenvalue weighted by Gasteiger charge is 2.57. The molecule has 3 N–H and O–H groups in total. The van der Waals surface area contributed by atoms with Gasteiger partial charge in [-0.15, -0.1) is 0 Å². The fraction of sp³-hybridized carbons (Fsp3) is 0.750. The summed E-state index contributed by atoms with van der Waals surface area (Å²) in [7, 11) is 0. The quantitative estimate of drug-likeness (QED) is 0.411. The van der Waals surface area contributed by atoms with E-state index in [4.69, 9.17) is 4.74 Å². The van der Waals surface area contributed by atoms with Crippen molar-refractivity contribution in [2.75, 3.05) is 13.2 Å². The minimum atomic E-state index is -0.844. The highest BCUT2D eigenvalue weighted by molar-refractivity contribution is 5.91. The predicted molar refractivity (Wildman–Crippen MR) is 93.6 cm³/mol. The number of aliphatic hydroxyl groups is 3. The number of ether oxygens (including phenoxy) is 1. The Balaban J connectivity index is 1.89. The fourth-order valence-corrected chi connectivity index (χ4v) is 5.56. The third kappa shape index (κ3) is 2.86. The van der Waals surface area contributed by atoms with Gasteiger partial charge in [0.25, 0.3) is 0 Å². The van der Waals surface area contributed by atoms with E-state index >= 15 is 0 Å². The second-order valence-corrected chi connectivity index (χ2v) is 8.54. The van der Waals surface area contributed by atoms with Crippen molar-refractivity contribution >= 4 is 5.97 Å². The summed E-state index contributed by atoms with van der Waals surface area (Å²) in [6.45, 7) is 8.50. The lowest BCUT2D eigenvalue weighted by Crippen LogP contribution is -2.57. The van der Waals surface area contributed by atoms with Crippen molar-refractivity contribution in [2.45, 2.75) is 58.2 Å². The van der Waals surface area contributed by atoms with Crippen molar-refractivity contribution in [3.8, 4) is 0 Å². The predicted octanol–water partition coefficient (Wildman–Crippen LogP) is 1.96. The van der Waals surface area contributed by atoms with E-state index in [2.05, 4.69) is 13.5 Å². The Bertz CT molecular complexity index is 597. The maximum atomic E-state index is 11.8. The first-order valence-electron chi connectivity index (χ1n) is 9.26. The first-order valence-corrected chi connectivity index (χ1v) is 9.26. The molecule has 3 fully saturated rings. The summed E-state index contributed by atoms with van der Waals surface area (Å²) in [6.07, 6.45) is 4.42. The number of hydrogen-bond donors (Lipinski definition) is 3. The lowest BCUT2D eigenvalue weighted by molar-refractivity contribution is -0.151. The van der Waals surface area contributed by atoms with Crippen LogP contribution in [0.4, 0.5) is 0 Å². The van der Waals surface area contributed by atoms with Gasteiger partial charge in [0.2, 0.25) is 0 Å². The number of carbonyl (C=O) groups is 1. The molecule has 5 heteroatoms. The summed E-state index contributed by atoms with van der Waals surface area (Å²) in [5.41, 5.74) is 0.911. The molecule has 1 heterocycles. The van der Waals surface area contributed by atoms with Crippen LogP contribution in [0.1, 0.15) is 46.0 Å². The summed E-state index contributed by atoms with van der Waals surface area (Å²) in [5.74, 6) is -0.0734. The fourth-order valence-electron chi connectivity index (χ4n) is 5.56. The largest absolute Gasteiger partial charge is 0.459 e. The van der Waals surface area contributed by atoms with Gasteiger partial charge in [-0.05, 0) is 49.4 Å². The molecular formula is C20H30O5. The van der Waals surface area contributed by atoms with Gasteiger partial charge in [-0.1, -0.05) is 32.1 Å². The average molecular weight is 350 g/mol. The second kappa shape index (κ2) is 6.53. The van der Waals surface area contributed by atoms with Crippen LogP contribution in [0, 0.1) is 22.7 Å². The zero-order chi connectivity index (χ0) is 18.4. The van der Waals surface area contributed by atoms with Gasteiger partial charge in [-0.25, -0.2) is 4.79 Å². The van der Waals surface area contributed by atoms with Gasteiger partial charge in [-0.3, -0.25) is 0 Å². The van der Waals surface area contributed by atoms with Gasteiger partial charge in [0.05, 0.1) is 18.3 Å². The van der Waals surface area contributed by atoms with E-state index in [-0.39, 0.29) is 30.5 Å². The van der Waals surface area contributed by atoms with Crippen LogP contribution in [0.2, 0.25) is 0 Å². The van der Waals surface area contributed by atoms with Crippen molar-refractivity contribution < 1.29 is 24.9 Å². The molecule has 2 saturated carbocycles. The van der Waals surface area contributed by atoms with Gasteiger partial charge in [0, 0.05) is 5.41 Å². The number of cyclic esters (lactones) is 1. The molecule has 0 radical (unpaired) electrons. The van der Waals surface area contributed by atoms with Crippen LogP contribution in [0.3, 0.4) is 0 Å². The van der Waals surface area contributed by atoms with E-state index in [1.54, 1.807) is 0 Å². The van der Waals surface area contributed by atoms with Crippen LogP contribution < -0.4 is 0 Å². The number of aliphatic hydroxyl groups excluding tert-OH is 3. The van der Waals surface area contributed by atoms with Crippen LogP contribution in [0.25, 0.3) is 0 Å². The summed E-state index contributed by atoms with van der Waals surface area (Å²) in [5, 5.41) is 30.4. The zero-order valence-electron chi connectivity index (χ0n) is 15.2. The Kier molecular flexibility index (Phi) is 4.86. The van der Waals surface area contributed by atoms with E-state index in [0.717, 1.165) is 24.8 Å². The second-order valence-electron chi connectivity index (χ2n) is 8.54. The molecule has 0 bridgehead atoms. The molecule has 2 aliphatic carbocycles. The highest BCUT2D eigenvalue weighted by Crippen LogP contribution is 2.61. The third-order valence-electron chi connectivity index (χ3n) is 7.23. The lowest BCUT2D eigenvalue weighted by Gasteiger charge is -2.59. The Morgan fingerprint density at radius 1 is 1.32 bits per heavy atom. The number of allylic oxidation sites excluding steroid dienone is 2. The van der Waals surface area contributed by atoms with Crippen LogP contribution in [0.15, 0.2) is 23.8 Å². The Hall–Kier alpha value is -1.17. The molecule has 140 valence electrons. The third-order valence-corrected chi connectivity index (χ3v) is 7.23. The number of fused-ring (bicyclic) bond motifs is 1. The summed E-state index contributed by atoms with van der Waals surface area (Å²) >= 11 is 0. The van der Waals surface area contributed by atoms with Crippen LogP contribution >= 0.6 is 0 Å². The summed E-state index contributed by atoms with van der Waals surface area (Å²) in [4.78, 5) is 11.8. The minimum Gasteiger partial charge on any atom is -0.459 e. The first-order chi connectivity index (χ1) is 11.7. The maximum absolute atomic E-state index is 11.8. The topological polar surface area (TPSA) is 87.0 Å². The standard InChI is InChI=1S/C20H30O5/c1-12-4-7-16-19(2,9-8-17(23)20(16,3)11-21)14(12)6-5-13-15(22)10-25-18(13)24/h5,14-17,21-23H,1,4,6-11H2,2-3H3/b13-5+/t14?,15?,16?,17-,19+,20+/m1/s1. The lowest BCUT2D eigenvalue weighted by atomic mass is 9.46. The van der Waals surface area contributed by atoms with Crippen molar-refractivity contribution in [2.24, 2.45) is 22.7 Å². The van der Waals surface area contributed by atoms with Crippen molar-refractivity contribution in [3.63, 3.8) is 0 Å². The van der Waals surface area contributed by atoms with E-state index < -0.39 is 23.6 Å². The van der Waals surface area contributed by atoms with Gasteiger partial charge >= 0.3 is 5.97 Å². The van der Waals surface area contributed by atoms with Gasteiger partial charge in [0.15, 0.2) is 0 Å². The van der Waals surface area contributed by atoms with E-state index in [1.807, 2.05) is 13.0 Å². The van der Waals surface area contributed by atoms with E-state index in [1.165, 1.54) is 0 Å². The minimum absolute atomic E-state index is 0.0280. The monoisotopic (exact) mass is 350 g/mol. The van der Waals surface area contributed by atoms with Crippen molar-refractivity contribution in [1.82, 2.24) is 0 Å². The average Bonchev–Trinajstić information content (AvgIpc) is 2.89.